The van der Waals surface area contributed by atoms with Gasteiger partial charge in [-0.25, -0.2) is 0 Å². The van der Waals surface area contributed by atoms with Gasteiger partial charge in [0.15, 0.2) is 0 Å². The Morgan fingerprint density at radius 2 is 2.05 bits per heavy atom. The fourth-order valence-corrected chi connectivity index (χ4v) is 1.72. The predicted molar refractivity (Wildman–Crippen MR) is 74.2 cm³/mol. The molecule has 19 heavy (non-hydrogen) atoms. The molecule has 2 rings (SSSR count). The van der Waals surface area contributed by atoms with E-state index in [0.29, 0.717) is 11.5 Å². The van der Waals surface area contributed by atoms with Crippen LogP contribution in [-0.4, -0.2) is 17.1 Å². The predicted octanol–water partition coefficient (Wildman–Crippen LogP) is 2.65. The zero-order valence-electron chi connectivity index (χ0n) is 11.1. The van der Waals surface area contributed by atoms with Crippen LogP contribution in [0.25, 0.3) is 0 Å². The van der Waals surface area contributed by atoms with Crippen LogP contribution in [-0.2, 0) is 6.61 Å². The van der Waals surface area contributed by atoms with Gasteiger partial charge in [-0.2, -0.15) is 0 Å². The highest BCUT2D eigenvalue weighted by molar-refractivity contribution is 5.36. The molecule has 0 spiro atoms. The van der Waals surface area contributed by atoms with Gasteiger partial charge in [-0.3, -0.25) is 4.98 Å². The van der Waals surface area contributed by atoms with Crippen LogP contribution in [0.5, 0.6) is 11.5 Å². The molecule has 4 heteroatoms. The van der Waals surface area contributed by atoms with Gasteiger partial charge in [-0.1, -0.05) is 18.2 Å². The summed E-state index contributed by atoms with van der Waals surface area (Å²) in [6.07, 6.45) is 1.69. The highest BCUT2D eigenvalue weighted by atomic mass is 16.5. The maximum Gasteiger partial charge on any atom is 0.145 e. The first-order chi connectivity index (χ1) is 9.24. The van der Waals surface area contributed by atoms with Gasteiger partial charge in [-0.05, 0) is 32.2 Å². The van der Waals surface area contributed by atoms with E-state index in [1.54, 1.807) is 6.20 Å². The lowest BCUT2D eigenvalue weighted by Crippen LogP contribution is -2.13. The second kappa shape index (κ2) is 6.31. The Morgan fingerprint density at radius 1 is 1.26 bits per heavy atom. The standard InChI is InChI=1S/C15H18N2O2/c1-11(16-2)14-8-7-13(9-17-14)19-15-6-4-3-5-12(15)10-18/h3-9,11,16,18H,10H2,1-2H3. The smallest absolute Gasteiger partial charge is 0.145 e. The third-order valence-corrected chi connectivity index (χ3v) is 3.01. The zero-order chi connectivity index (χ0) is 13.7. The monoisotopic (exact) mass is 258 g/mol. The summed E-state index contributed by atoms with van der Waals surface area (Å²) in [6, 6.07) is 11.4. The molecule has 0 aliphatic carbocycles. The van der Waals surface area contributed by atoms with E-state index in [2.05, 4.69) is 10.3 Å². The summed E-state index contributed by atoms with van der Waals surface area (Å²) in [6.45, 7) is 2.00. The van der Waals surface area contributed by atoms with Crippen molar-refractivity contribution in [1.29, 1.82) is 0 Å². The van der Waals surface area contributed by atoms with Crippen molar-refractivity contribution in [2.45, 2.75) is 19.6 Å². The molecule has 1 unspecified atom stereocenters. The minimum atomic E-state index is -0.0432. The topological polar surface area (TPSA) is 54.4 Å². The SMILES string of the molecule is CNC(C)c1ccc(Oc2ccccc2CO)cn1. The molecule has 0 fully saturated rings. The molecule has 100 valence electrons. The molecule has 2 aromatic rings. The molecule has 1 atom stereocenters. The van der Waals surface area contributed by atoms with E-state index in [1.807, 2.05) is 50.4 Å². The van der Waals surface area contributed by atoms with Gasteiger partial charge in [0, 0.05) is 11.6 Å². The van der Waals surface area contributed by atoms with Crippen molar-refractivity contribution in [2.24, 2.45) is 0 Å². The van der Waals surface area contributed by atoms with E-state index in [-0.39, 0.29) is 12.6 Å². The van der Waals surface area contributed by atoms with Crippen LogP contribution >= 0.6 is 0 Å². The quantitative estimate of drug-likeness (QED) is 0.865. The van der Waals surface area contributed by atoms with Crippen molar-refractivity contribution in [1.82, 2.24) is 10.3 Å². The molecule has 0 aliphatic rings. The molecule has 0 bridgehead atoms. The van der Waals surface area contributed by atoms with E-state index in [1.165, 1.54) is 0 Å². The first kappa shape index (κ1) is 13.5. The number of aliphatic hydroxyl groups excluding tert-OH is 1. The van der Waals surface area contributed by atoms with Crippen LogP contribution in [0.1, 0.15) is 24.2 Å². The maximum absolute atomic E-state index is 9.24. The summed E-state index contributed by atoms with van der Waals surface area (Å²) < 4.78 is 5.73. The summed E-state index contributed by atoms with van der Waals surface area (Å²) in [5, 5.41) is 12.4. The Balaban J connectivity index is 2.15. The number of aliphatic hydroxyl groups is 1. The molecule has 0 saturated heterocycles. The minimum Gasteiger partial charge on any atom is -0.455 e. The molecule has 4 nitrogen and oxygen atoms in total. The molecule has 0 saturated carbocycles. The Kier molecular flexibility index (Phi) is 4.49. The van der Waals surface area contributed by atoms with E-state index < -0.39 is 0 Å². The molecule has 0 aliphatic heterocycles. The Hall–Kier alpha value is -1.91. The summed E-state index contributed by atoms with van der Waals surface area (Å²) in [7, 11) is 1.90. The van der Waals surface area contributed by atoms with E-state index in [9.17, 15) is 5.11 Å². The Bertz CT molecular complexity index is 526. The van der Waals surface area contributed by atoms with Gasteiger partial charge in [-0.15, -0.1) is 0 Å². The van der Waals surface area contributed by atoms with E-state index in [4.69, 9.17) is 4.74 Å². The number of nitrogens with zero attached hydrogens (tertiary/aromatic N) is 1. The molecule has 1 aromatic heterocycles. The van der Waals surface area contributed by atoms with Crippen molar-refractivity contribution in [3.63, 3.8) is 0 Å². The third kappa shape index (κ3) is 3.30. The summed E-state index contributed by atoms with van der Waals surface area (Å²) in [4.78, 5) is 4.35. The largest absolute Gasteiger partial charge is 0.455 e. The van der Waals surface area contributed by atoms with Crippen LogP contribution in [0.4, 0.5) is 0 Å². The number of hydrogen-bond acceptors (Lipinski definition) is 4. The van der Waals surface area contributed by atoms with Crippen molar-refractivity contribution >= 4 is 0 Å². The second-order valence-electron chi connectivity index (χ2n) is 4.30. The first-order valence-corrected chi connectivity index (χ1v) is 6.24. The van der Waals surface area contributed by atoms with Crippen LogP contribution in [0.3, 0.4) is 0 Å². The fourth-order valence-electron chi connectivity index (χ4n) is 1.72. The van der Waals surface area contributed by atoms with Gasteiger partial charge in [0.25, 0.3) is 0 Å². The lowest BCUT2D eigenvalue weighted by molar-refractivity contribution is 0.276. The van der Waals surface area contributed by atoms with Crippen molar-refractivity contribution in [2.75, 3.05) is 7.05 Å². The summed E-state index contributed by atoms with van der Waals surface area (Å²) in [5.74, 6) is 1.31. The number of para-hydroxylation sites is 1. The summed E-state index contributed by atoms with van der Waals surface area (Å²) >= 11 is 0. The van der Waals surface area contributed by atoms with Gasteiger partial charge in [0.05, 0.1) is 18.5 Å². The number of aromatic nitrogens is 1. The van der Waals surface area contributed by atoms with Crippen LogP contribution in [0, 0.1) is 0 Å². The molecular weight excluding hydrogens is 240 g/mol. The Labute approximate surface area is 113 Å². The molecule has 0 radical (unpaired) electrons. The van der Waals surface area contributed by atoms with Crippen molar-refractivity contribution in [3.05, 3.63) is 53.9 Å². The van der Waals surface area contributed by atoms with Crippen molar-refractivity contribution in [3.8, 4) is 11.5 Å². The van der Waals surface area contributed by atoms with Gasteiger partial charge in [0.1, 0.15) is 11.5 Å². The van der Waals surface area contributed by atoms with Crippen LogP contribution < -0.4 is 10.1 Å². The number of benzene rings is 1. The molecular formula is C15H18N2O2. The maximum atomic E-state index is 9.24. The fraction of sp³-hybridized carbons (Fsp3) is 0.267. The number of pyridine rings is 1. The number of rotatable bonds is 5. The van der Waals surface area contributed by atoms with E-state index >= 15 is 0 Å². The molecule has 1 aromatic carbocycles. The minimum absolute atomic E-state index is 0.0432. The Morgan fingerprint density at radius 3 is 2.68 bits per heavy atom. The average Bonchev–Trinajstić information content (AvgIpc) is 2.48. The zero-order valence-corrected chi connectivity index (χ0v) is 11.1. The highest BCUT2D eigenvalue weighted by Crippen LogP contribution is 2.25. The average molecular weight is 258 g/mol. The van der Waals surface area contributed by atoms with Gasteiger partial charge >= 0.3 is 0 Å². The van der Waals surface area contributed by atoms with E-state index in [0.717, 1.165) is 11.3 Å². The van der Waals surface area contributed by atoms with Crippen molar-refractivity contribution < 1.29 is 9.84 Å². The molecule has 1 heterocycles. The van der Waals surface area contributed by atoms with Crippen LogP contribution in [0.2, 0.25) is 0 Å². The summed E-state index contributed by atoms with van der Waals surface area (Å²) in [5.41, 5.74) is 1.72. The lowest BCUT2D eigenvalue weighted by atomic mass is 10.2. The number of nitrogens with one attached hydrogen (secondary N) is 1. The lowest BCUT2D eigenvalue weighted by Gasteiger charge is -2.12. The highest BCUT2D eigenvalue weighted by Gasteiger charge is 2.06. The normalized spacial score (nSPS) is 12.2. The number of ether oxygens (including phenoxy) is 1. The third-order valence-electron chi connectivity index (χ3n) is 3.01. The second-order valence-corrected chi connectivity index (χ2v) is 4.30. The molecule has 2 N–H and O–H groups in total. The number of hydrogen-bond donors (Lipinski definition) is 2. The van der Waals surface area contributed by atoms with Gasteiger partial charge in [0.2, 0.25) is 0 Å². The van der Waals surface area contributed by atoms with Crippen LogP contribution in [0.15, 0.2) is 42.6 Å². The van der Waals surface area contributed by atoms with Gasteiger partial charge < -0.3 is 15.2 Å². The molecule has 0 amide bonds. The first-order valence-electron chi connectivity index (χ1n) is 6.24.